The molecule has 2 N–H and O–H groups in total. The number of hydrogen-bond acceptors (Lipinski definition) is 3. The van der Waals surface area contributed by atoms with E-state index in [-0.39, 0.29) is 11.6 Å². The number of benzene rings is 1. The zero-order chi connectivity index (χ0) is 12.5. The predicted molar refractivity (Wildman–Crippen MR) is 63.8 cm³/mol. The van der Waals surface area contributed by atoms with E-state index in [4.69, 9.17) is 15.2 Å². The standard InChI is InChI=1S/C13H18FNO2/c1-16-11-8-12(17-2)10(14)7-9(11)13(15)5-3-4-6-13/h7-8H,3-6,15H2,1-2H3. The van der Waals surface area contributed by atoms with Crippen molar-refractivity contribution in [2.75, 3.05) is 14.2 Å². The zero-order valence-electron chi connectivity index (χ0n) is 10.3. The molecule has 1 aliphatic rings. The van der Waals surface area contributed by atoms with Crippen molar-refractivity contribution in [1.82, 2.24) is 0 Å². The Hall–Kier alpha value is -1.29. The first-order valence-corrected chi connectivity index (χ1v) is 5.81. The van der Waals surface area contributed by atoms with E-state index in [1.54, 1.807) is 13.2 Å². The van der Waals surface area contributed by atoms with E-state index in [1.807, 2.05) is 0 Å². The van der Waals surface area contributed by atoms with Gasteiger partial charge in [0.05, 0.1) is 14.2 Å². The quantitative estimate of drug-likeness (QED) is 0.881. The van der Waals surface area contributed by atoms with Crippen LogP contribution in [-0.4, -0.2) is 14.2 Å². The molecule has 0 heterocycles. The Labute approximate surface area is 101 Å². The van der Waals surface area contributed by atoms with Crippen molar-refractivity contribution in [1.29, 1.82) is 0 Å². The summed E-state index contributed by atoms with van der Waals surface area (Å²) >= 11 is 0. The van der Waals surface area contributed by atoms with Crippen LogP contribution in [0.25, 0.3) is 0 Å². The Bertz CT molecular complexity index is 414. The molecule has 0 atom stereocenters. The first-order chi connectivity index (χ1) is 8.10. The summed E-state index contributed by atoms with van der Waals surface area (Å²) in [5.41, 5.74) is 6.62. The maximum atomic E-state index is 13.8. The van der Waals surface area contributed by atoms with E-state index >= 15 is 0 Å². The fourth-order valence-electron chi connectivity index (χ4n) is 2.52. The lowest BCUT2D eigenvalue weighted by atomic mass is 9.88. The first kappa shape index (κ1) is 12.2. The summed E-state index contributed by atoms with van der Waals surface area (Å²) < 4.78 is 24.0. The minimum absolute atomic E-state index is 0.187. The van der Waals surface area contributed by atoms with E-state index in [1.165, 1.54) is 13.2 Å². The summed E-state index contributed by atoms with van der Waals surface area (Å²) in [6.07, 6.45) is 3.89. The van der Waals surface area contributed by atoms with E-state index in [2.05, 4.69) is 0 Å². The summed E-state index contributed by atoms with van der Waals surface area (Å²) in [4.78, 5) is 0. The highest BCUT2D eigenvalue weighted by Crippen LogP contribution is 2.42. The predicted octanol–water partition coefficient (Wildman–Crippen LogP) is 2.57. The molecule has 0 spiro atoms. The molecule has 17 heavy (non-hydrogen) atoms. The third-order valence-electron chi connectivity index (χ3n) is 3.51. The van der Waals surface area contributed by atoms with Crippen LogP contribution in [-0.2, 0) is 5.54 Å². The minimum Gasteiger partial charge on any atom is -0.496 e. The lowest BCUT2D eigenvalue weighted by molar-refractivity contribution is 0.356. The highest BCUT2D eigenvalue weighted by atomic mass is 19.1. The minimum atomic E-state index is -0.460. The normalized spacial score (nSPS) is 18.1. The van der Waals surface area contributed by atoms with Crippen LogP contribution in [0.1, 0.15) is 31.2 Å². The number of methoxy groups -OCH3 is 2. The van der Waals surface area contributed by atoms with Crippen LogP contribution in [0.4, 0.5) is 4.39 Å². The number of ether oxygens (including phenoxy) is 2. The van der Waals surface area contributed by atoms with Gasteiger partial charge in [0, 0.05) is 17.2 Å². The average molecular weight is 239 g/mol. The molecular formula is C13H18FNO2. The molecule has 0 aliphatic heterocycles. The van der Waals surface area contributed by atoms with E-state index < -0.39 is 5.54 Å². The van der Waals surface area contributed by atoms with Gasteiger partial charge in [0.2, 0.25) is 0 Å². The maximum Gasteiger partial charge on any atom is 0.165 e. The molecular weight excluding hydrogens is 221 g/mol. The van der Waals surface area contributed by atoms with Crippen LogP contribution in [0.15, 0.2) is 12.1 Å². The lowest BCUT2D eigenvalue weighted by Crippen LogP contribution is -2.33. The maximum absolute atomic E-state index is 13.8. The van der Waals surface area contributed by atoms with Crippen molar-refractivity contribution in [3.8, 4) is 11.5 Å². The molecule has 4 heteroatoms. The molecule has 3 nitrogen and oxygen atoms in total. The molecule has 1 aliphatic carbocycles. The smallest absolute Gasteiger partial charge is 0.165 e. The molecule has 94 valence electrons. The Balaban J connectivity index is 2.49. The second kappa shape index (κ2) is 4.53. The summed E-state index contributed by atoms with van der Waals surface area (Å²) in [6.45, 7) is 0. The molecule has 0 amide bonds. The molecule has 2 rings (SSSR count). The molecule has 1 aromatic rings. The van der Waals surface area contributed by atoms with Crippen LogP contribution in [0.5, 0.6) is 11.5 Å². The fraction of sp³-hybridized carbons (Fsp3) is 0.538. The van der Waals surface area contributed by atoms with Gasteiger partial charge < -0.3 is 15.2 Å². The second-order valence-corrected chi connectivity index (χ2v) is 4.55. The molecule has 1 aromatic carbocycles. The van der Waals surface area contributed by atoms with E-state index in [0.717, 1.165) is 31.2 Å². The lowest BCUT2D eigenvalue weighted by Gasteiger charge is -2.26. The van der Waals surface area contributed by atoms with Crippen molar-refractivity contribution in [3.63, 3.8) is 0 Å². The van der Waals surface area contributed by atoms with Gasteiger partial charge in [0.25, 0.3) is 0 Å². The van der Waals surface area contributed by atoms with Crippen LogP contribution < -0.4 is 15.2 Å². The zero-order valence-corrected chi connectivity index (χ0v) is 10.3. The van der Waals surface area contributed by atoms with Gasteiger partial charge in [-0.2, -0.15) is 0 Å². The Kier molecular flexibility index (Phi) is 3.24. The number of nitrogens with two attached hydrogens (primary N) is 1. The van der Waals surface area contributed by atoms with Gasteiger partial charge in [0.15, 0.2) is 11.6 Å². The van der Waals surface area contributed by atoms with E-state index in [9.17, 15) is 4.39 Å². The molecule has 0 radical (unpaired) electrons. The fourth-order valence-corrected chi connectivity index (χ4v) is 2.52. The van der Waals surface area contributed by atoms with Crippen LogP contribution >= 0.6 is 0 Å². The van der Waals surface area contributed by atoms with Gasteiger partial charge in [-0.25, -0.2) is 4.39 Å². The molecule has 0 bridgehead atoms. The molecule has 0 saturated heterocycles. The Morgan fingerprint density at radius 2 is 1.71 bits per heavy atom. The topological polar surface area (TPSA) is 44.5 Å². The summed E-state index contributed by atoms with van der Waals surface area (Å²) in [6, 6.07) is 3.01. The first-order valence-electron chi connectivity index (χ1n) is 5.81. The molecule has 0 aromatic heterocycles. The monoisotopic (exact) mass is 239 g/mol. The average Bonchev–Trinajstić information content (AvgIpc) is 2.77. The second-order valence-electron chi connectivity index (χ2n) is 4.55. The number of halogens is 1. The van der Waals surface area contributed by atoms with Gasteiger partial charge in [-0.05, 0) is 18.9 Å². The summed E-state index contributed by atoms with van der Waals surface area (Å²) in [7, 11) is 3.00. The van der Waals surface area contributed by atoms with Gasteiger partial charge in [-0.1, -0.05) is 12.8 Å². The van der Waals surface area contributed by atoms with Crippen molar-refractivity contribution in [2.45, 2.75) is 31.2 Å². The van der Waals surface area contributed by atoms with E-state index in [0.29, 0.717) is 5.75 Å². The highest BCUT2D eigenvalue weighted by molar-refractivity contribution is 5.46. The summed E-state index contributed by atoms with van der Waals surface area (Å²) in [5.74, 6) is 0.403. The molecule has 0 unspecified atom stereocenters. The molecule has 1 saturated carbocycles. The van der Waals surface area contributed by atoms with Crippen molar-refractivity contribution >= 4 is 0 Å². The van der Waals surface area contributed by atoms with Gasteiger partial charge >= 0.3 is 0 Å². The van der Waals surface area contributed by atoms with Gasteiger partial charge in [-0.3, -0.25) is 0 Å². The van der Waals surface area contributed by atoms with Crippen LogP contribution in [0.2, 0.25) is 0 Å². The van der Waals surface area contributed by atoms with Crippen LogP contribution in [0, 0.1) is 5.82 Å². The highest BCUT2D eigenvalue weighted by Gasteiger charge is 2.34. The molecule has 1 fully saturated rings. The van der Waals surface area contributed by atoms with Crippen LogP contribution in [0.3, 0.4) is 0 Å². The third kappa shape index (κ3) is 2.09. The summed E-state index contributed by atoms with van der Waals surface area (Å²) in [5, 5.41) is 0. The van der Waals surface area contributed by atoms with Gasteiger partial charge in [-0.15, -0.1) is 0 Å². The largest absolute Gasteiger partial charge is 0.496 e. The number of rotatable bonds is 3. The Morgan fingerprint density at radius 1 is 1.12 bits per heavy atom. The SMILES string of the molecule is COc1cc(OC)c(C2(N)CCCC2)cc1F. The van der Waals surface area contributed by atoms with Crippen molar-refractivity contribution in [2.24, 2.45) is 5.73 Å². The third-order valence-corrected chi connectivity index (χ3v) is 3.51. The number of hydrogen-bond donors (Lipinski definition) is 1. The van der Waals surface area contributed by atoms with Crippen molar-refractivity contribution < 1.29 is 13.9 Å². The van der Waals surface area contributed by atoms with Gasteiger partial charge in [0.1, 0.15) is 5.75 Å². The Morgan fingerprint density at radius 3 is 2.24 bits per heavy atom. The van der Waals surface area contributed by atoms with Crippen molar-refractivity contribution in [3.05, 3.63) is 23.5 Å².